The summed E-state index contributed by atoms with van der Waals surface area (Å²) in [6.45, 7) is 9.81. The van der Waals surface area contributed by atoms with Crippen LogP contribution in [0.5, 0.6) is 0 Å². The third kappa shape index (κ3) is 3.17. The van der Waals surface area contributed by atoms with Crippen LogP contribution in [0.3, 0.4) is 0 Å². The van der Waals surface area contributed by atoms with Gasteiger partial charge in [0.25, 0.3) is 0 Å². The minimum atomic E-state index is -0.269. The molecule has 1 aliphatic rings. The summed E-state index contributed by atoms with van der Waals surface area (Å²) in [6, 6.07) is 0.368. The molecule has 1 rings (SSSR count). The van der Waals surface area contributed by atoms with Gasteiger partial charge >= 0.3 is 0 Å². The Bertz CT molecular complexity index is 227. The lowest BCUT2D eigenvalue weighted by Gasteiger charge is -2.27. The summed E-state index contributed by atoms with van der Waals surface area (Å²) in [5.41, 5.74) is 1.06. The van der Waals surface area contributed by atoms with E-state index in [0.717, 1.165) is 25.7 Å². The van der Waals surface area contributed by atoms with Crippen LogP contribution in [-0.2, 0) is 4.79 Å². The number of rotatable bonds is 1. The van der Waals surface area contributed by atoms with Crippen LogP contribution in [0.25, 0.3) is 0 Å². The van der Waals surface area contributed by atoms with Crippen LogP contribution in [0, 0.1) is 5.41 Å². The van der Waals surface area contributed by atoms with Gasteiger partial charge in [0.05, 0.1) is 0 Å². The quantitative estimate of drug-likeness (QED) is 0.640. The molecule has 0 saturated heterocycles. The largest absolute Gasteiger partial charge is 0.353 e. The molecule has 2 heteroatoms. The molecule has 1 aliphatic carbocycles. The minimum Gasteiger partial charge on any atom is -0.353 e. The molecule has 80 valence electrons. The topological polar surface area (TPSA) is 29.1 Å². The molecule has 0 bridgehead atoms. The first-order chi connectivity index (χ1) is 6.39. The van der Waals surface area contributed by atoms with E-state index in [2.05, 4.69) is 11.9 Å². The van der Waals surface area contributed by atoms with Crippen molar-refractivity contribution in [2.45, 2.75) is 52.5 Å². The van der Waals surface area contributed by atoms with Gasteiger partial charge in [-0.3, -0.25) is 4.79 Å². The summed E-state index contributed by atoms with van der Waals surface area (Å²) in [5, 5.41) is 3.10. The van der Waals surface area contributed by atoms with Gasteiger partial charge in [-0.15, -0.1) is 0 Å². The van der Waals surface area contributed by atoms with Gasteiger partial charge in [-0.25, -0.2) is 0 Å². The minimum absolute atomic E-state index is 0.162. The van der Waals surface area contributed by atoms with Crippen LogP contribution >= 0.6 is 0 Å². The number of carbonyl (C=O) groups excluding carboxylic acids is 1. The van der Waals surface area contributed by atoms with Gasteiger partial charge in [-0.2, -0.15) is 0 Å². The van der Waals surface area contributed by atoms with Crippen LogP contribution in [-0.4, -0.2) is 11.9 Å². The van der Waals surface area contributed by atoms with Gasteiger partial charge in [0.1, 0.15) is 0 Å². The molecule has 1 fully saturated rings. The summed E-state index contributed by atoms with van der Waals surface area (Å²) in [6.07, 6.45) is 4.24. The van der Waals surface area contributed by atoms with Gasteiger partial charge in [0.15, 0.2) is 0 Å². The highest BCUT2D eigenvalue weighted by molar-refractivity contribution is 5.81. The Morgan fingerprint density at radius 2 is 1.86 bits per heavy atom. The first kappa shape index (κ1) is 11.3. The molecule has 0 aromatic rings. The van der Waals surface area contributed by atoms with Gasteiger partial charge in [0, 0.05) is 11.5 Å². The summed E-state index contributed by atoms with van der Waals surface area (Å²) in [4.78, 5) is 11.7. The maximum absolute atomic E-state index is 11.7. The Balaban J connectivity index is 2.38. The zero-order chi connectivity index (χ0) is 10.8. The Labute approximate surface area is 86.8 Å². The number of amides is 1. The van der Waals surface area contributed by atoms with Gasteiger partial charge in [-0.05, 0) is 25.7 Å². The smallest absolute Gasteiger partial charge is 0.225 e. The van der Waals surface area contributed by atoms with E-state index in [1.807, 2.05) is 20.8 Å². The van der Waals surface area contributed by atoms with E-state index < -0.39 is 0 Å². The SMILES string of the molecule is C=C1CCC(NC(=O)C(C)(C)C)CC1. The van der Waals surface area contributed by atoms with Crippen molar-refractivity contribution in [3.63, 3.8) is 0 Å². The summed E-state index contributed by atoms with van der Waals surface area (Å²) in [5.74, 6) is 0.162. The second kappa shape index (κ2) is 4.16. The first-order valence-electron chi connectivity index (χ1n) is 5.37. The Morgan fingerprint density at radius 1 is 1.36 bits per heavy atom. The van der Waals surface area contributed by atoms with E-state index >= 15 is 0 Å². The molecule has 0 spiro atoms. The Kier molecular flexibility index (Phi) is 3.35. The van der Waals surface area contributed by atoms with Crippen LogP contribution in [0.4, 0.5) is 0 Å². The van der Waals surface area contributed by atoms with Crippen LogP contribution < -0.4 is 5.32 Å². The fourth-order valence-corrected chi connectivity index (χ4v) is 1.57. The molecular formula is C12H21NO. The molecule has 1 saturated carbocycles. The lowest BCUT2D eigenvalue weighted by molar-refractivity contribution is -0.129. The fourth-order valence-electron chi connectivity index (χ4n) is 1.57. The van der Waals surface area contributed by atoms with E-state index in [-0.39, 0.29) is 11.3 Å². The maximum atomic E-state index is 11.7. The van der Waals surface area contributed by atoms with Crippen molar-refractivity contribution in [2.75, 3.05) is 0 Å². The van der Waals surface area contributed by atoms with Crippen molar-refractivity contribution in [1.29, 1.82) is 0 Å². The maximum Gasteiger partial charge on any atom is 0.225 e. The molecule has 1 amide bonds. The van der Waals surface area contributed by atoms with E-state index in [4.69, 9.17) is 0 Å². The molecule has 2 nitrogen and oxygen atoms in total. The van der Waals surface area contributed by atoms with Gasteiger partial charge < -0.3 is 5.32 Å². The third-order valence-electron chi connectivity index (χ3n) is 2.71. The lowest BCUT2D eigenvalue weighted by atomic mass is 9.90. The van der Waals surface area contributed by atoms with Crippen molar-refractivity contribution in [1.82, 2.24) is 5.32 Å². The first-order valence-corrected chi connectivity index (χ1v) is 5.37. The Morgan fingerprint density at radius 3 is 2.29 bits per heavy atom. The predicted octanol–water partition coefficient (Wildman–Crippen LogP) is 2.65. The monoisotopic (exact) mass is 195 g/mol. The van der Waals surface area contributed by atoms with Crippen LogP contribution in [0.1, 0.15) is 46.5 Å². The van der Waals surface area contributed by atoms with Crippen LogP contribution in [0.15, 0.2) is 12.2 Å². The molecule has 0 atom stereocenters. The van der Waals surface area contributed by atoms with Crippen molar-refractivity contribution in [3.05, 3.63) is 12.2 Å². The van der Waals surface area contributed by atoms with Crippen molar-refractivity contribution in [3.8, 4) is 0 Å². The van der Waals surface area contributed by atoms with E-state index in [1.54, 1.807) is 0 Å². The normalized spacial score (nSPS) is 19.5. The predicted molar refractivity (Wildman–Crippen MR) is 59.0 cm³/mol. The highest BCUT2D eigenvalue weighted by Crippen LogP contribution is 2.23. The standard InChI is InChI=1S/C12H21NO/c1-9-5-7-10(8-6-9)13-11(14)12(2,3)4/h10H,1,5-8H2,2-4H3,(H,13,14). The van der Waals surface area contributed by atoms with Gasteiger partial charge in [-0.1, -0.05) is 32.9 Å². The summed E-state index contributed by atoms with van der Waals surface area (Å²) < 4.78 is 0. The number of allylic oxidation sites excluding steroid dienone is 1. The van der Waals surface area contributed by atoms with E-state index in [0.29, 0.717) is 6.04 Å². The zero-order valence-electron chi connectivity index (χ0n) is 9.52. The second-order valence-corrected chi connectivity index (χ2v) is 5.25. The van der Waals surface area contributed by atoms with E-state index in [1.165, 1.54) is 5.57 Å². The Hall–Kier alpha value is -0.790. The average molecular weight is 195 g/mol. The second-order valence-electron chi connectivity index (χ2n) is 5.25. The molecule has 14 heavy (non-hydrogen) atoms. The van der Waals surface area contributed by atoms with Crippen molar-refractivity contribution >= 4 is 5.91 Å². The molecule has 0 aromatic heterocycles. The van der Waals surface area contributed by atoms with Crippen molar-refractivity contribution < 1.29 is 4.79 Å². The summed E-state index contributed by atoms with van der Waals surface area (Å²) in [7, 11) is 0. The number of nitrogens with one attached hydrogen (secondary N) is 1. The van der Waals surface area contributed by atoms with Gasteiger partial charge in [0.2, 0.25) is 5.91 Å². The molecule has 0 aliphatic heterocycles. The highest BCUT2D eigenvalue weighted by Gasteiger charge is 2.25. The number of hydrogen-bond donors (Lipinski definition) is 1. The number of carbonyl (C=O) groups is 1. The third-order valence-corrected chi connectivity index (χ3v) is 2.71. The zero-order valence-corrected chi connectivity index (χ0v) is 9.52. The lowest BCUT2D eigenvalue weighted by Crippen LogP contribution is -2.42. The molecule has 1 N–H and O–H groups in total. The van der Waals surface area contributed by atoms with Crippen molar-refractivity contribution in [2.24, 2.45) is 5.41 Å². The molecule has 0 radical (unpaired) electrons. The average Bonchev–Trinajstić information content (AvgIpc) is 2.07. The molecule has 0 unspecified atom stereocenters. The number of hydrogen-bond acceptors (Lipinski definition) is 1. The summed E-state index contributed by atoms with van der Waals surface area (Å²) >= 11 is 0. The highest BCUT2D eigenvalue weighted by atomic mass is 16.2. The van der Waals surface area contributed by atoms with E-state index in [9.17, 15) is 4.79 Å². The molecular weight excluding hydrogens is 174 g/mol. The molecule has 0 heterocycles. The fraction of sp³-hybridized carbons (Fsp3) is 0.750. The van der Waals surface area contributed by atoms with Crippen LogP contribution in [0.2, 0.25) is 0 Å². The molecule has 0 aromatic carbocycles.